The summed E-state index contributed by atoms with van der Waals surface area (Å²) in [5.41, 5.74) is 5.91. The van der Waals surface area contributed by atoms with E-state index in [0.29, 0.717) is 18.9 Å². The van der Waals surface area contributed by atoms with Gasteiger partial charge in [-0.05, 0) is 56.4 Å². The third-order valence-corrected chi connectivity index (χ3v) is 4.86. The van der Waals surface area contributed by atoms with E-state index >= 15 is 0 Å². The van der Waals surface area contributed by atoms with Crippen LogP contribution in [0.3, 0.4) is 0 Å². The number of nitrogens with two attached hydrogens (primary N) is 1. The smallest absolute Gasteiger partial charge is 0.222 e. The molecule has 0 radical (unpaired) electrons. The molecule has 0 aromatic heterocycles. The number of nitrogens with zero attached hydrogens (tertiary/aromatic N) is 1. The van der Waals surface area contributed by atoms with Crippen molar-refractivity contribution in [1.29, 1.82) is 0 Å². The maximum atomic E-state index is 12.5. The van der Waals surface area contributed by atoms with Crippen LogP contribution in [0.1, 0.15) is 65.7 Å². The van der Waals surface area contributed by atoms with Crippen molar-refractivity contribution in [3.8, 4) is 0 Å². The molecule has 3 N–H and O–H groups in total. The molecule has 124 valence electrons. The molecule has 0 bridgehead atoms. The van der Waals surface area contributed by atoms with Crippen molar-refractivity contribution in [3.05, 3.63) is 0 Å². The number of piperidine rings is 1. The largest absolute Gasteiger partial charge is 0.396 e. The van der Waals surface area contributed by atoms with Crippen LogP contribution in [0.15, 0.2) is 0 Å². The predicted octanol–water partition coefficient (Wildman–Crippen LogP) is 2.54. The first-order valence-corrected chi connectivity index (χ1v) is 8.50. The van der Waals surface area contributed by atoms with Crippen LogP contribution in [0.25, 0.3) is 0 Å². The third kappa shape index (κ3) is 5.95. The summed E-state index contributed by atoms with van der Waals surface area (Å²) >= 11 is 0. The molecule has 0 spiro atoms. The number of amides is 1. The zero-order valence-electron chi connectivity index (χ0n) is 14.1. The molecule has 0 saturated carbocycles. The average Bonchev–Trinajstić information content (AvgIpc) is 2.43. The molecule has 1 aliphatic rings. The lowest BCUT2D eigenvalue weighted by atomic mass is 9.76. The van der Waals surface area contributed by atoms with Crippen LogP contribution >= 0.6 is 0 Å². The Morgan fingerprint density at radius 1 is 1.33 bits per heavy atom. The van der Waals surface area contributed by atoms with Gasteiger partial charge in [0.15, 0.2) is 0 Å². The Balaban J connectivity index is 2.53. The maximum absolute atomic E-state index is 12.5. The van der Waals surface area contributed by atoms with E-state index in [2.05, 4.69) is 20.8 Å². The van der Waals surface area contributed by atoms with E-state index in [1.165, 1.54) is 6.42 Å². The molecule has 2 atom stereocenters. The van der Waals surface area contributed by atoms with Crippen molar-refractivity contribution in [3.63, 3.8) is 0 Å². The van der Waals surface area contributed by atoms with E-state index in [0.717, 1.165) is 38.6 Å². The highest BCUT2D eigenvalue weighted by molar-refractivity contribution is 5.76. The Kier molecular flexibility index (Phi) is 7.67. The van der Waals surface area contributed by atoms with Crippen LogP contribution in [0, 0.1) is 11.3 Å². The topological polar surface area (TPSA) is 66.6 Å². The summed E-state index contributed by atoms with van der Waals surface area (Å²) in [6.07, 6.45) is 6.54. The molecule has 0 aromatic rings. The lowest BCUT2D eigenvalue weighted by Gasteiger charge is -2.37. The molecule has 1 amide bonds. The molecule has 1 fully saturated rings. The minimum absolute atomic E-state index is 0.173. The molecule has 1 rings (SSSR count). The molecule has 4 heteroatoms. The highest BCUT2D eigenvalue weighted by Gasteiger charge is 2.28. The van der Waals surface area contributed by atoms with Gasteiger partial charge < -0.3 is 15.7 Å². The summed E-state index contributed by atoms with van der Waals surface area (Å²) in [6, 6.07) is 0.249. The SMILES string of the molecule is CC(C)(C)C(CCN)CCC(=O)N1CCCCC1CCO. The van der Waals surface area contributed by atoms with Crippen LogP contribution in [-0.2, 0) is 4.79 Å². The van der Waals surface area contributed by atoms with Crippen molar-refractivity contribution in [2.45, 2.75) is 71.8 Å². The van der Waals surface area contributed by atoms with Crippen LogP contribution in [-0.4, -0.2) is 41.7 Å². The Morgan fingerprint density at radius 3 is 2.62 bits per heavy atom. The van der Waals surface area contributed by atoms with Gasteiger partial charge in [0.2, 0.25) is 5.91 Å². The van der Waals surface area contributed by atoms with Gasteiger partial charge >= 0.3 is 0 Å². The minimum atomic E-state index is 0.173. The highest BCUT2D eigenvalue weighted by atomic mass is 16.3. The third-order valence-electron chi connectivity index (χ3n) is 4.86. The van der Waals surface area contributed by atoms with Crippen LogP contribution in [0.5, 0.6) is 0 Å². The van der Waals surface area contributed by atoms with E-state index in [4.69, 9.17) is 10.8 Å². The molecule has 0 aromatic carbocycles. The van der Waals surface area contributed by atoms with Crippen molar-refractivity contribution in [2.24, 2.45) is 17.1 Å². The number of aliphatic hydroxyl groups excluding tert-OH is 1. The van der Waals surface area contributed by atoms with Gasteiger partial charge in [-0.3, -0.25) is 4.79 Å². The molecule has 2 unspecified atom stereocenters. The molecule has 0 aliphatic carbocycles. The average molecular weight is 298 g/mol. The van der Waals surface area contributed by atoms with Crippen molar-refractivity contribution >= 4 is 5.91 Å². The zero-order chi connectivity index (χ0) is 15.9. The normalized spacial score (nSPS) is 21.4. The lowest BCUT2D eigenvalue weighted by Crippen LogP contribution is -2.44. The van der Waals surface area contributed by atoms with E-state index in [1.807, 2.05) is 4.90 Å². The Labute approximate surface area is 130 Å². The number of carbonyl (C=O) groups excluding carboxylic acids is 1. The molecule has 4 nitrogen and oxygen atoms in total. The first-order chi connectivity index (χ1) is 9.90. The van der Waals surface area contributed by atoms with Gasteiger partial charge in [-0.2, -0.15) is 0 Å². The molecular weight excluding hydrogens is 264 g/mol. The maximum Gasteiger partial charge on any atom is 0.222 e. The summed E-state index contributed by atoms with van der Waals surface area (Å²) in [7, 11) is 0. The van der Waals surface area contributed by atoms with E-state index < -0.39 is 0 Å². The second kappa shape index (κ2) is 8.74. The quantitative estimate of drug-likeness (QED) is 0.759. The minimum Gasteiger partial charge on any atom is -0.396 e. The Bertz CT molecular complexity index is 310. The summed E-state index contributed by atoms with van der Waals surface area (Å²) in [5.74, 6) is 0.756. The standard InChI is InChI=1S/C17H34N2O2/c1-17(2,3)14(9-11-18)7-8-16(21)19-12-5-4-6-15(19)10-13-20/h14-15,20H,4-13,18H2,1-3H3. The molecular formula is C17H34N2O2. The van der Waals surface area contributed by atoms with E-state index in [1.54, 1.807) is 0 Å². The zero-order valence-corrected chi connectivity index (χ0v) is 14.1. The summed E-state index contributed by atoms with van der Waals surface area (Å²) < 4.78 is 0. The fourth-order valence-corrected chi connectivity index (χ4v) is 3.43. The summed E-state index contributed by atoms with van der Waals surface area (Å²) in [5, 5.41) is 9.16. The van der Waals surface area contributed by atoms with Crippen LogP contribution in [0.2, 0.25) is 0 Å². The Morgan fingerprint density at radius 2 is 2.05 bits per heavy atom. The number of likely N-dealkylation sites (tertiary alicyclic amines) is 1. The molecule has 1 aliphatic heterocycles. The second-order valence-electron chi connectivity index (χ2n) is 7.43. The van der Waals surface area contributed by atoms with Gasteiger partial charge in [0.05, 0.1) is 0 Å². The van der Waals surface area contributed by atoms with Crippen molar-refractivity contribution in [1.82, 2.24) is 4.90 Å². The molecule has 1 saturated heterocycles. The first kappa shape index (κ1) is 18.4. The second-order valence-corrected chi connectivity index (χ2v) is 7.43. The fraction of sp³-hybridized carbons (Fsp3) is 0.941. The van der Waals surface area contributed by atoms with E-state index in [-0.39, 0.29) is 24.0 Å². The van der Waals surface area contributed by atoms with Crippen LogP contribution < -0.4 is 5.73 Å². The summed E-state index contributed by atoms with van der Waals surface area (Å²) in [6.45, 7) is 8.41. The number of hydrogen-bond acceptors (Lipinski definition) is 3. The van der Waals surface area contributed by atoms with E-state index in [9.17, 15) is 4.79 Å². The van der Waals surface area contributed by atoms with Gasteiger partial charge in [-0.15, -0.1) is 0 Å². The molecule has 1 heterocycles. The van der Waals surface area contributed by atoms with Gasteiger partial charge in [0.25, 0.3) is 0 Å². The first-order valence-electron chi connectivity index (χ1n) is 8.50. The number of carbonyl (C=O) groups is 1. The van der Waals surface area contributed by atoms with Gasteiger partial charge in [-0.25, -0.2) is 0 Å². The Hall–Kier alpha value is -0.610. The lowest BCUT2D eigenvalue weighted by molar-refractivity contribution is -0.135. The highest BCUT2D eigenvalue weighted by Crippen LogP contribution is 2.32. The molecule has 21 heavy (non-hydrogen) atoms. The van der Waals surface area contributed by atoms with Crippen molar-refractivity contribution < 1.29 is 9.90 Å². The van der Waals surface area contributed by atoms with Gasteiger partial charge in [-0.1, -0.05) is 20.8 Å². The number of rotatable bonds is 7. The van der Waals surface area contributed by atoms with Crippen LogP contribution in [0.4, 0.5) is 0 Å². The van der Waals surface area contributed by atoms with Gasteiger partial charge in [0.1, 0.15) is 0 Å². The fourth-order valence-electron chi connectivity index (χ4n) is 3.43. The number of aliphatic hydroxyl groups is 1. The number of hydrogen-bond donors (Lipinski definition) is 2. The predicted molar refractivity (Wildman–Crippen MR) is 86.9 cm³/mol. The van der Waals surface area contributed by atoms with Crippen molar-refractivity contribution in [2.75, 3.05) is 19.7 Å². The monoisotopic (exact) mass is 298 g/mol. The van der Waals surface area contributed by atoms with Gasteiger partial charge in [0, 0.05) is 25.6 Å². The summed E-state index contributed by atoms with van der Waals surface area (Å²) in [4.78, 5) is 14.5.